The Morgan fingerprint density at radius 3 is 2.18 bits per heavy atom. The number of nitro groups is 1. The number of rotatable bonds is 8. The van der Waals surface area contributed by atoms with Crippen molar-refractivity contribution in [3.63, 3.8) is 0 Å². The highest BCUT2D eigenvalue weighted by Crippen LogP contribution is 2.29. The second kappa shape index (κ2) is 7.32. The van der Waals surface area contributed by atoms with Crippen LogP contribution in [0.3, 0.4) is 0 Å². The van der Waals surface area contributed by atoms with E-state index in [1.165, 1.54) is 0 Å². The molecule has 0 aromatic carbocycles. The molecule has 0 aliphatic carbocycles. The van der Waals surface area contributed by atoms with Crippen molar-refractivity contribution in [2.24, 2.45) is 11.5 Å². The first-order valence-electron chi connectivity index (χ1n) is 4.16. The molecule has 9 nitrogen and oxygen atoms in total. The van der Waals surface area contributed by atoms with Crippen molar-refractivity contribution in [3.05, 3.63) is 10.1 Å². The minimum atomic E-state index is -1.66. The topological polar surface area (TPSA) is 170 Å². The Balaban J connectivity index is 4.25. The van der Waals surface area contributed by atoms with E-state index in [1.807, 2.05) is 0 Å². The molecular weight excluding hydrogens is 274 g/mol. The zero-order valence-corrected chi connectivity index (χ0v) is 10.0. The van der Waals surface area contributed by atoms with Gasteiger partial charge >= 0.3 is 11.9 Å². The summed E-state index contributed by atoms with van der Waals surface area (Å²) in [6, 6.07) is -2.83. The van der Waals surface area contributed by atoms with Gasteiger partial charge in [0.2, 0.25) is 0 Å². The first-order chi connectivity index (χ1) is 7.77. The van der Waals surface area contributed by atoms with Crippen LogP contribution in [-0.2, 0) is 9.59 Å². The number of nitrogens with two attached hydrogens (primary N) is 2. The number of hydrogen-bond acceptors (Lipinski definition) is 8. The maximum Gasteiger partial charge on any atom is 0.328 e. The minimum absolute atomic E-state index is 0.0866. The van der Waals surface area contributed by atoms with Crippen LogP contribution < -0.4 is 11.5 Å². The van der Waals surface area contributed by atoms with Gasteiger partial charge in [0.05, 0.1) is 0 Å². The van der Waals surface area contributed by atoms with E-state index in [4.69, 9.17) is 21.7 Å². The van der Waals surface area contributed by atoms with E-state index >= 15 is 0 Å². The lowest BCUT2D eigenvalue weighted by atomic mass is 10.3. The van der Waals surface area contributed by atoms with Crippen LogP contribution in [0.15, 0.2) is 0 Å². The van der Waals surface area contributed by atoms with E-state index in [0.717, 1.165) is 10.8 Å². The second-order valence-corrected chi connectivity index (χ2v) is 5.39. The normalized spacial score (nSPS) is 15.9. The van der Waals surface area contributed by atoms with Crippen molar-refractivity contribution in [2.45, 2.75) is 17.5 Å². The lowest BCUT2D eigenvalue weighted by Crippen LogP contribution is -2.44. The summed E-state index contributed by atoms with van der Waals surface area (Å²) in [6.45, 7) is 0. The third-order valence-corrected chi connectivity index (χ3v) is 4.23. The maximum atomic E-state index is 10.5. The SMILES string of the molecule is N[C@H](C(=O)O)C(SSC[C@H](N)C(=O)O)[N+](=O)[O-]. The molecule has 0 aromatic rings. The Kier molecular flexibility index (Phi) is 6.87. The molecule has 0 rings (SSSR count). The number of hydrogen-bond donors (Lipinski definition) is 4. The molecule has 0 heterocycles. The molecule has 11 heteroatoms. The summed E-state index contributed by atoms with van der Waals surface area (Å²) in [6.07, 6.45) is 0. The van der Waals surface area contributed by atoms with Crippen LogP contribution in [0.25, 0.3) is 0 Å². The van der Waals surface area contributed by atoms with Gasteiger partial charge in [0, 0.05) is 10.7 Å². The maximum absolute atomic E-state index is 10.5. The Bertz CT molecular complexity index is 314. The first kappa shape index (κ1) is 16.0. The van der Waals surface area contributed by atoms with E-state index in [0.29, 0.717) is 10.8 Å². The summed E-state index contributed by atoms with van der Waals surface area (Å²) in [5.41, 5.74) is 10.3. The molecular formula is C6H11N3O6S2. The first-order valence-corrected chi connectivity index (χ1v) is 6.54. The Morgan fingerprint density at radius 2 is 1.82 bits per heavy atom. The zero-order chi connectivity index (χ0) is 13.6. The van der Waals surface area contributed by atoms with Gasteiger partial charge in [0.25, 0.3) is 5.37 Å². The van der Waals surface area contributed by atoms with Gasteiger partial charge in [-0.15, -0.1) is 0 Å². The van der Waals surface area contributed by atoms with Gasteiger partial charge in [0.15, 0.2) is 6.04 Å². The molecule has 0 saturated heterocycles. The average molecular weight is 285 g/mol. The smallest absolute Gasteiger partial charge is 0.328 e. The quantitative estimate of drug-likeness (QED) is 0.184. The zero-order valence-electron chi connectivity index (χ0n) is 8.38. The second-order valence-electron chi connectivity index (χ2n) is 2.87. The largest absolute Gasteiger partial charge is 0.480 e. The fourth-order valence-electron chi connectivity index (χ4n) is 0.602. The van der Waals surface area contributed by atoms with Gasteiger partial charge in [-0.2, -0.15) is 0 Å². The molecule has 98 valence electrons. The molecule has 0 fully saturated rings. The summed E-state index contributed by atoms with van der Waals surface area (Å²) < 4.78 is 0. The lowest BCUT2D eigenvalue weighted by Gasteiger charge is -2.12. The van der Waals surface area contributed by atoms with Crippen molar-refractivity contribution >= 4 is 33.5 Å². The highest BCUT2D eigenvalue weighted by molar-refractivity contribution is 8.76. The van der Waals surface area contributed by atoms with Crippen molar-refractivity contribution in [2.75, 3.05) is 5.75 Å². The van der Waals surface area contributed by atoms with Crippen LogP contribution in [0, 0.1) is 10.1 Å². The van der Waals surface area contributed by atoms with Crippen LogP contribution in [0.4, 0.5) is 0 Å². The van der Waals surface area contributed by atoms with E-state index in [1.54, 1.807) is 0 Å². The fraction of sp³-hybridized carbons (Fsp3) is 0.667. The summed E-state index contributed by atoms with van der Waals surface area (Å²) in [4.78, 5) is 30.5. The number of carboxylic acids is 2. The summed E-state index contributed by atoms with van der Waals surface area (Å²) in [5.74, 6) is -2.82. The van der Waals surface area contributed by atoms with Gasteiger partial charge in [-0.05, 0) is 10.8 Å². The fourth-order valence-corrected chi connectivity index (χ4v) is 3.08. The predicted molar refractivity (Wildman–Crippen MR) is 62.1 cm³/mol. The van der Waals surface area contributed by atoms with Gasteiger partial charge in [-0.25, -0.2) is 0 Å². The van der Waals surface area contributed by atoms with Gasteiger partial charge in [-0.1, -0.05) is 10.8 Å². The number of carboxylic acid groups (broad SMARTS) is 2. The summed E-state index contributed by atoms with van der Waals surface area (Å²) in [5, 5.41) is 26.0. The van der Waals surface area contributed by atoms with Crippen molar-refractivity contribution < 1.29 is 24.7 Å². The van der Waals surface area contributed by atoms with Gasteiger partial charge in [-0.3, -0.25) is 19.7 Å². The van der Waals surface area contributed by atoms with E-state index in [-0.39, 0.29) is 5.75 Å². The molecule has 0 aromatic heterocycles. The molecule has 0 aliphatic rings. The van der Waals surface area contributed by atoms with E-state index < -0.39 is 34.3 Å². The molecule has 0 spiro atoms. The van der Waals surface area contributed by atoms with Crippen LogP contribution in [0.2, 0.25) is 0 Å². The molecule has 0 bridgehead atoms. The molecule has 0 radical (unpaired) electrons. The highest BCUT2D eigenvalue weighted by Gasteiger charge is 2.35. The number of aliphatic carboxylic acids is 2. The molecule has 0 saturated carbocycles. The summed E-state index contributed by atoms with van der Waals surface area (Å²) >= 11 is 0. The van der Waals surface area contributed by atoms with Crippen molar-refractivity contribution in [1.82, 2.24) is 0 Å². The number of carbonyl (C=O) groups is 2. The average Bonchev–Trinajstić information content (AvgIpc) is 2.22. The van der Waals surface area contributed by atoms with Crippen LogP contribution in [0.1, 0.15) is 0 Å². The standard InChI is InChI=1S/C6H11N3O6S2/c7-2(5(10)11)1-16-17-4(9(14)15)3(8)6(12)13/h2-4H,1,7-8H2,(H,10,11)(H,12,13)/t2-,3-,4?/m0/s1. The number of nitrogens with zero attached hydrogens (tertiary/aromatic N) is 1. The molecule has 1 unspecified atom stereocenters. The van der Waals surface area contributed by atoms with Crippen LogP contribution in [0.5, 0.6) is 0 Å². The monoisotopic (exact) mass is 285 g/mol. The molecule has 0 amide bonds. The molecule has 3 atom stereocenters. The molecule has 6 N–H and O–H groups in total. The van der Waals surface area contributed by atoms with Crippen LogP contribution in [-0.4, -0.2) is 50.3 Å². The van der Waals surface area contributed by atoms with Crippen LogP contribution >= 0.6 is 21.6 Å². The van der Waals surface area contributed by atoms with Gasteiger partial charge in [0.1, 0.15) is 6.04 Å². The van der Waals surface area contributed by atoms with Crippen molar-refractivity contribution in [3.8, 4) is 0 Å². The third-order valence-electron chi connectivity index (χ3n) is 1.53. The Labute approximate surface area is 103 Å². The molecule has 17 heavy (non-hydrogen) atoms. The lowest BCUT2D eigenvalue weighted by molar-refractivity contribution is -0.496. The Hall–Kier alpha value is -1.04. The third kappa shape index (κ3) is 5.72. The minimum Gasteiger partial charge on any atom is -0.480 e. The van der Waals surface area contributed by atoms with Gasteiger partial charge < -0.3 is 21.7 Å². The van der Waals surface area contributed by atoms with E-state index in [2.05, 4.69) is 0 Å². The predicted octanol–water partition coefficient (Wildman–Crippen LogP) is -1.21. The Morgan fingerprint density at radius 1 is 1.29 bits per heavy atom. The summed E-state index contributed by atoms with van der Waals surface area (Å²) in [7, 11) is 1.38. The highest BCUT2D eigenvalue weighted by atomic mass is 33.1. The van der Waals surface area contributed by atoms with E-state index in [9.17, 15) is 19.7 Å². The molecule has 0 aliphatic heterocycles. The van der Waals surface area contributed by atoms with Crippen molar-refractivity contribution in [1.29, 1.82) is 0 Å².